The standard InChI is InChI=1S/C17H32N4.C11H9N.CHF3O3S.Pt/c1-3-5-7-9-18-11-13-20(15-18)17-21-14-12-19(16-21)10-8-6-4-2;1-2-6-10(7-3-1)11-8-4-5-9-12-11;2-1(3,4)8(5,6)7;/h11-14H,3-10,15-17H2,1-2H3;1-9H;(H,5,6,7);/q;;;+2. The van der Waals surface area contributed by atoms with Crippen molar-refractivity contribution < 1.29 is 47.2 Å². The maximum Gasteiger partial charge on any atom is 2.00 e. The van der Waals surface area contributed by atoms with Gasteiger partial charge in [0.25, 0.3) is 0 Å². The summed E-state index contributed by atoms with van der Waals surface area (Å²) in [6.45, 7) is 10.0. The molecule has 0 radical (unpaired) electrons. The molecule has 1 aromatic carbocycles. The van der Waals surface area contributed by atoms with Crippen molar-refractivity contribution in [1.82, 2.24) is 24.6 Å². The molecule has 13 heteroatoms. The first-order chi connectivity index (χ1) is 19.5. The SMILES string of the molecule is CCCCCN1C=CN(CN2C=CN(CCCCC)C2)C1.O=S(=O)(O)C(F)(F)F.[Pt+2].c1ccc(-c2ccccn2)cc1. The smallest absolute Gasteiger partial charge is 0.359 e. The molecule has 1 N–H and O–H groups in total. The molecule has 0 saturated heterocycles. The van der Waals surface area contributed by atoms with Crippen LogP contribution in [0, 0.1) is 0 Å². The third-order valence-electron chi connectivity index (χ3n) is 6.19. The van der Waals surface area contributed by atoms with E-state index in [9.17, 15) is 13.2 Å². The Balaban J connectivity index is 0.000000354. The van der Waals surface area contributed by atoms with Crippen molar-refractivity contribution in [3.05, 3.63) is 79.5 Å². The van der Waals surface area contributed by atoms with E-state index in [0.717, 1.165) is 31.3 Å². The Morgan fingerprint density at radius 1 is 0.762 bits per heavy atom. The second kappa shape index (κ2) is 19.6. The molecule has 4 rings (SSSR count). The van der Waals surface area contributed by atoms with Gasteiger partial charge in [0.05, 0.1) is 25.7 Å². The normalized spacial score (nSPS) is 14.2. The van der Waals surface area contributed by atoms with E-state index in [2.05, 4.69) is 75.4 Å². The molecule has 8 nitrogen and oxygen atoms in total. The van der Waals surface area contributed by atoms with Gasteiger partial charge < -0.3 is 19.6 Å². The van der Waals surface area contributed by atoms with Crippen LogP contribution in [0.15, 0.2) is 79.5 Å². The quantitative estimate of drug-likeness (QED) is 0.156. The zero-order chi connectivity index (χ0) is 30.1. The van der Waals surface area contributed by atoms with Crippen LogP contribution < -0.4 is 0 Å². The number of halogens is 3. The van der Waals surface area contributed by atoms with Crippen molar-refractivity contribution in [2.45, 2.75) is 57.9 Å². The van der Waals surface area contributed by atoms with Gasteiger partial charge >= 0.3 is 36.7 Å². The van der Waals surface area contributed by atoms with E-state index in [4.69, 9.17) is 13.0 Å². The molecule has 0 spiro atoms. The van der Waals surface area contributed by atoms with Crippen molar-refractivity contribution in [3.63, 3.8) is 0 Å². The largest absolute Gasteiger partial charge is 2.00 e. The molecule has 0 aliphatic carbocycles. The van der Waals surface area contributed by atoms with E-state index >= 15 is 0 Å². The van der Waals surface area contributed by atoms with Gasteiger partial charge in [-0.25, -0.2) is 0 Å². The van der Waals surface area contributed by atoms with Crippen LogP contribution >= 0.6 is 0 Å². The second-order valence-electron chi connectivity index (χ2n) is 9.74. The average Bonchev–Trinajstić information content (AvgIpc) is 3.59. The maximum absolute atomic E-state index is 10.7. The van der Waals surface area contributed by atoms with Gasteiger partial charge in [-0.1, -0.05) is 75.9 Å². The van der Waals surface area contributed by atoms with Gasteiger partial charge in [-0.2, -0.15) is 21.6 Å². The zero-order valence-corrected chi connectivity index (χ0v) is 27.2. The number of nitrogens with zero attached hydrogens (tertiary/aromatic N) is 5. The summed E-state index contributed by atoms with van der Waals surface area (Å²) in [5.41, 5.74) is -3.34. The Hall–Kier alpha value is -2.56. The van der Waals surface area contributed by atoms with Crippen LogP contribution in [0.3, 0.4) is 0 Å². The molecule has 236 valence electrons. The van der Waals surface area contributed by atoms with Crippen LogP contribution in [0.5, 0.6) is 0 Å². The molecule has 2 aliphatic heterocycles. The van der Waals surface area contributed by atoms with E-state index in [1.54, 1.807) is 0 Å². The third-order valence-corrected chi connectivity index (χ3v) is 6.78. The van der Waals surface area contributed by atoms with Crippen LogP contribution in [-0.2, 0) is 31.2 Å². The number of rotatable bonds is 11. The zero-order valence-electron chi connectivity index (χ0n) is 24.1. The molecule has 0 fully saturated rings. The van der Waals surface area contributed by atoms with E-state index in [0.29, 0.717) is 0 Å². The number of aromatic nitrogens is 1. The van der Waals surface area contributed by atoms with E-state index in [1.807, 2.05) is 42.6 Å². The summed E-state index contributed by atoms with van der Waals surface area (Å²) in [6.07, 6.45) is 18.7. The Kier molecular flexibility index (Phi) is 17.5. The van der Waals surface area contributed by atoms with E-state index < -0.39 is 15.6 Å². The molecule has 0 unspecified atom stereocenters. The number of hydrogen-bond acceptors (Lipinski definition) is 7. The van der Waals surface area contributed by atoms with Crippen molar-refractivity contribution in [1.29, 1.82) is 0 Å². The average molecular weight is 793 g/mol. The monoisotopic (exact) mass is 792 g/mol. The minimum atomic E-state index is -5.84. The van der Waals surface area contributed by atoms with Crippen molar-refractivity contribution in [3.8, 4) is 11.3 Å². The Labute approximate surface area is 262 Å². The summed E-state index contributed by atoms with van der Waals surface area (Å²) in [5, 5.41) is 0. The summed E-state index contributed by atoms with van der Waals surface area (Å²) in [4.78, 5) is 13.9. The predicted molar refractivity (Wildman–Crippen MR) is 156 cm³/mol. The predicted octanol–water partition coefficient (Wildman–Crippen LogP) is 6.56. The van der Waals surface area contributed by atoms with Crippen LogP contribution in [0.2, 0.25) is 0 Å². The summed E-state index contributed by atoms with van der Waals surface area (Å²) >= 11 is 0. The molecular weight excluding hydrogens is 750 g/mol. The Morgan fingerprint density at radius 3 is 1.62 bits per heavy atom. The molecule has 1 aromatic heterocycles. The molecule has 0 saturated carbocycles. The molecule has 0 bridgehead atoms. The van der Waals surface area contributed by atoms with Gasteiger partial charge in [0.1, 0.15) is 0 Å². The fraction of sp³-hybridized carbons (Fsp3) is 0.483. The van der Waals surface area contributed by atoms with Crippen LogP contribution in [0.25, 0.3) is 11.3 Å². The Morgan fingerprint density at radius 2 is 1.21 bits per heavy atom. The van der Waals surface area contributed by atoms with Crippen LogP contribution in [0.4, 0.5) is 13.2 Å². The topological polar surface area (TPSA) is 80.2 Å². The first-order valence-corrected chi connectivity index (χ1v) is 15.3. The number of benzene rings is 1. The molecule has 3 heterocycles. The van der Waals surface area contributed by atoms with Crippen LogP contribution in [0.1, 0.15) is 52.4 Å². The second-order valence-corrected chi connectivity index (χ2v) is 11.2. The Bertz CT molecular complexity index is 1090. The summed E-state index contributed by atoms with van der Waals surface area (Å²) < 4.78 is 57.5. The molecule has 42 heavy (non-hydrogen) atoms. The summed E-state index contributed by atoms with van der Waals surface area (Å²) in [6, 6.07) is 16.1. The molecule has 2 aromatic rings. The number of unbranched alkanes of at least 4 members (excludes halogenated alkanes) is 4. The van der Waals surface area contributed by atoms with Gasteiger partial charge in [-0.15, -0.1) is 0 Å². The fourth-order valence-electron chi connectivity index (χ4n) is 4.01. The molecule has 2 aliphatic rings. The van der Waals surface area contributed by atoms with Crippen molar-refractivity contribution >= 4 is 10.1 Å². The number of hydrogen-bond donors (Lipinski definition) is 1. The first-order valence-electron chi connectivity index (χ1n) is 13.9. The minimum absolute atomic E-state index is 0. The van der Waals surface area contributed by atoms with Crippen molar-refractivity contribution in [2.75, 3.05) is 33.1 Å². The summed E-state index contributed by atoms with van der Waals surface area (Å²) in [7, 11) is -5.84. The fourth-order valence-corrected chi connectivity index (χ4v) is 4.01. The van der Waals surface area contributed by atoms with Gasteiger partial charge in [0.2, 0.25) is 0 Å². The van der Waals surface area contributed by atoms with Gasteiger partial charge in [0.15, 0.2) is 0 Å². The molecular formula is C29H42F3N5O3PtS+2. The van der Waals surface area contributed by atoms with Gasteiger partial charge in [0, 0.05) is 49.6 Å². The van der Waals surface area contributed by atoms with Gasteiger partial charge in [-0.3, -0.25) is 9.54 Å². The maximum atomic E-state index is 10.7. The molecule has 0 atom stereocenters. The molecule has 0 amide bonds. The summed E-state index contributed by atoms with van der Waals surface area (Å²) in [5.74, 6) is 0. The van der Waals surface area contributed by atoms with Crippen LogP contribution in [-0.4, -0.2) is 76.2 Å². The number of alkyl halides is 3. The number of pyridine rings is 1. The van der Waals surface area contributed by atoms with Crippen molar-refractivity contribution in [2.24, 2.45) is 0 Å². The third kappa shape index (κ3) is 14.6. The van der Waals surface area contributed by atoms with E-state index in [-0.39, 0.29) is 21.1 Å². The minimum Gasteiger partial charge on any atom is -0.359 e. The van der Waals surface area contributed by atoms with Gasteiger partial charge in [-0.05, 0) is 25.0 Å². The first kappa shape index (κ1) is 37.5. The van der Waals surface area contributed by atoms with E-state index in [1.165, 1.54) is 51.6 Å².